The van der Waals surface area contributed by atoms with Crippen LogP contribution in [0.3, 0.4) is 0 Å². The smallest absolute Gasteiger partial charge is 0.205 e. The lowest BCUT2D eigenvalue weighted by Crippen LogP contribution is -2.05. The van der Waals surface area contributed by atoms with Gasteiger partial charge in [-0.1, -0.05) is 0 Å². The molecule has 0 fully saturated rings. The van der Waals surface area contributed by atoms with Gasteiger partial charge in [0.05, 0.1) is 23.4 Å². The van der Waals surface area contributed by atoms with E-state index in [0.717, 1.165) is 0 Å². The third-order valence-corrected chi connectivity index (χ3v) is 3.99. The van der Waals surface area contributed by atoms with Gasteiger partial charge >= 0.3 is 0 Å². The Morgan fingerprint density at radius 1 is 1.17 bits per heavy atom. The minimum Gasteiger partial charge on any atom is -0.766 e. The van der Waals surface area contributed by atoms with E-state index >= 15 is 0 Å². The first-order valence-electron chi connectivity index (χ1n) is 7.23. The van der Waals surface area contributed by atoms with Crippen LogP contribution in [0.4, 0.5) is 4.39 Å². The maximum absolute atomic E-state index is 13.2. The van der Waals surface area contributed by atoms with Gasteiger partial charge in [-0.3, -0.25) is 4.21 Å². The average Bonchev–Trinajstić information content (AvgIpc) is 3.01. The summed E-state index contributed by atoms with van der Waals surface area (Å²) in [5.74, 6) is -0.338. The van der Waals surface area contributed by atoms with Gasteiger partial charge in [0.25, 0.3) is 0 Å². The van der Waals surface area contributed by atoms with Crippen LogP contribution < -0.4 is 0 Å². The summed E-state index contributed by atoms with van der Waals surface area (Å²) in [7, 11) is 0. The molecule has 0 bridgehead atoms. The van der Waals surface area contributed by atoms with E-state index in [2.05, 4.69) is 15.0 Å². The van der Waals surface area contributed by atoms with Crippen molar-refractivity contribution in [2.75, 3.05) is 0 Å². The molecule has 1 unspecified atom stereocenters. The Bertz CT molecular complexity index is 893. The van der Waals surface area contributed by atoms with Gasteiger partial charge in [0.2, 0.25) is 5.16 Å². The normalized spacial score (nSPS) is 12.5. The number of rotatable bonds is 4. The molecule has 24 heavy (non-hydrogen) atoms. The van der Waals surface area contributed by atoms with Crippen molar-refractivity contribution in [2.45, 2.75) is 25.0 Å². The van der Waals surface area contributed by atoms with Crippen molar-refractivity contribution in [1.82, 2.24) is 19.5 Å². The molecule has 1 atom stereocenters. The van der Waals surface area contributed by atoms with Gasteiger partial charge < -0.3 is 9.12 Å². The van der Waals surface area contributed by atoms with E-state index in [-0.39, 0.29) is 17.0 Å². The van der Waals surface area contributed by atoms with Gasteiger partial charge in [-0.05, 0) is 44.2 Å². The zero-order valence-electron chi connectivity index (χ0n) is 13.0. The highest BCUT2D eigenvalue weighted by Gasteiger charge is 2.18. The zero-order chi connectivity index (χ0) is 17.3. The number of hydrogen-bond donors (Lipinski definition) is 0. The summed E-state index contributed by atoms with van der Waals surface area (Å²) in [5.41, 5.74) is 2.42. The van der Waals surface area contributed by atoms with Crippen LogP contribution in [0, 0.1) is 5.82 Å². The summed E-state index contributed by atoms with van der Waals surface area (Å²) in [5, 5.41) is -0.283. The van der Waals surface area contributed by atoms with Crippen LogP contribution in [0.5, 0.6) is 0 Å². The molecule has 124 valence electrons. The number of aromatic nitrogens is 4. The van der Waals surface area contributed by atoms with Crippen LogP contribution in [0.15, 0.2) is 48.0 Å². The first-order valence-corrected chi connectivity index (χ1v) is 8.30. The third kappa shape index (κ3) is 3.10. The monoisotopic (exact) mass is 345 g/mol. The average molecular weight is 345 g/mol. The number of hydrogen-bond acceptors (Lipinski definition) is 5. The molecule has 6 nitrogen and oxygen atoms in total. The molecule has 3 aromatic rings. The van der Waals surface area contributed by atoms with E-state index in [1.807, 2.05) is 18.4 Å². The van der Waals surface area contributed by atoms with E-state index < -0.39 is 11.1 Å². The van der Waals surface area contributed by atoms with Crippen molar-refractivity contribution in [3.8, 4) is 22.6 Å². The Morgan fingerprint density at radius 2 is 1.88 bits per heavy atom. The number of nitrogens with zero attached hydrogens (tertiary/aromatic N) is 4. The molecule has 3 rings (SSSR count). The molecule has 0 aliphatic heterocycles. The van der Waals surface area contributed by atoms with Gasteiger partial charge in [0, 0.05) is 28.9 Å². The van der Waals surface area contributed by atoms with E-state index in [4.69, 9.17) is 0 Å². The Morgan fingerprint density at radius 3 is 2.50 bits per heavy atom. The molecule has 0 radical (unpaired) electrons. The first kappa shape index (κ1) is 16.4. The van der Waals surface area contributed by atoms with E-state index in [1.165, 1.54) is 18.3 Å². The van der Waals surface area contributed by atoms with Crippen molar-refractivity contribution in [1.29, 1.82) is 0 Å². The Hall–Kier alpha value is -2.45. The second-order valence-electron chi connectivity index (χ2n) is 5.41. The van der Waals surface area contributed by atoms with Crippen molar-refractivity contribution in [3.05, 3.63) is 48.7 Å². The summed E-state index contributed by atoms with van der Waals surface area (Å²) in [6, 6.07) is 7.66. The lowest BCUT2D eigenvalue weighted by atomic mass is 10.1. The largest absolute Gasteiger partial charge is 0.766 e. The molecule has 8 heteroatoms. The van der Waals surface area contributed by atoms with Crippen LogP contribution in [0.25, 0.3) is 22.6 Å². The van der Waals surface area contributed by atoms with E-state index in [1.54, 1.807) is 24.5 Å². The molecule has 0 amide bonds. The summed E-state index contributed by atoms with van der Waals surface area (Å²) >= 11 is -2.52. The van der Waals surface area contributed by atoms with Crippen LogP contribution in [0.1, 0.15) is 19.9 Å². The molecule has 0 saturated carbocycles. The Balaban J connectivity index is 2.21. The van der Waals surface area contributed by atoms with Crippen molar-refractivity contribution in [2.24, 2.45) is 0 Å². The van der Waals surface area contributed by atoms with E-state index in [0.29, 0.717) is 22.6 Å². The van der Waals surface area contributed by atoms with Crippen molar-refractivity contribution in [3.63, 3.8) is 0 Å². The lowest BCUT2D eigenvalue weighted by Gasteiger charge is -2.14. The zero-order valence-corrected chi connectivity index (χ0v) is 13.8. The summed E-state index contributed by atoms with van der Waals surface area (Å²) in [6.07, 6.45) is 3.05. The molecule has 1 aromatic carbocycles. The molecule has 0 N–H and O–H groups in total. The predicted molar refractivity (Wildman–Crippen MR) is 86.2 cm³/mol. The second-order valence-corrected chi connectivity index (χ2v) is 6.24. The van der Waals surface area contributed by atoms with Gasteiger partial charge in [0.1, 0.15) is 5.82 Å². The highest BCUT2D eigenvalue weighted by molar-refractivity contribution is 7.78. The molecule has 2 heterocycles. The molecule has 0 saturated heterocycles. The topological polar surface area (TPSA) is 83.7 Å². The van der Waals surface area contributed by atoms with Crippen molar-refractivity contribution >= 4 is 11.1 Å². The second kappa shape index (κ2) is 6.58. The van der Waals surface area contributed by atoms with Crippen LogP contribution in [-0.4, -0.2) is 28.3 Å². The fourth-order valence-corrected chi connectivity index (χ4v) is 2.70. The van der Waals surface area contributed by atoms with Crippen LogP contribution in [-0.2, 0) is 11.1 Å². The fraction of sp³-hybridized carbons (Fsp3) is 0.188. The molecule has 0 aliphatic rings. The minimum atomic E-state index is -2.52. The van der Waals surface area contributed by atoms with Gasteiger partial charge in [-0.15, -0.1) is 0 Å². The summed E-state index contributed by atoms with van der Waals surface area (Å²) in [4.78, 5) is 12.3. The lowest BCUT2D eigenvalue weighted by molar-refractivity contribution is 0.528. The molecule has 2 aromatic heterocycles. The maximum atomic E-state index is 13.2. The fourth-order valence-electron chi connectivity index (χ4n) is 2.38. The number of imidazole rings is 1. The maximum Gasteiger partial charge on any atom is 0.205 e. The predicted octanol–water partition coefficient (Wildman–Crippen LogP) is 2.97. The van der Waals surface area contributed by atoms with E-state index in [9.17, 15) is 13.2 Å². The highest BCUT2D eigenvalue weighted by Crippen LogP contribution is 2.32. The van der Waals surface area contributed by atoms with Crippen LogP contribution in [0.2, 0.25) is 0 Å². The Kier molecular flexibility index (Phi) is 4.50. The third-order valence-electron chi connectivity index (χ3n) is 3.49. The SMILES string of the molecule is CC(C)n1cnc(-c2ccc(F)cc2)c1-c1ccnc(S(=O)[O-])n1. The first-order chi connectivity index (χ1) is 11.5. The minimum absolute atomic E-state index is 0.0814. The molecule has 0 aliphatic carbocycles. The van der Waals surface area contributed by atoms with Gasteiger partial charge in [0.15, 0.2) is 0 Å². The quantitative estimate of drug-likeness (QED) is 0.536. The van der Waals surface area contributed by atoms with Gasteiger partial charge in [-0.25, -0.2) is 19.3 Å². The van der Waals surface area contributed by atoms with Crippen LogP contribution >= 0.6 is 0 Å². The summed E-state index contributed by atoms with van der Waals surface area (Å²) < 4.78 is 37.4. The molecular weight excluding hydrogens is 331 g/mol. The Labute approximate surface area is 140 Å². The number of benzene rings is 1. The molecule has 0 spiro atoms. The standard InChI is InChI=1S/C16H15FN4O2S/c1-10(2)21-9-19-14(11-3-5-12(17)6-4-11)15(21)13-7-8-18-16(20-13)24(22)23/h3-10H,1-2H3,(H,22,23)/p-1. The summed E-state index contributed by atoms with van der Waals surface area (Å²) in [6.45, 7) is 3.96. The van der Waals surface area contributed by atoms with Crippen molar-refractivity contribution < 1.29 is 13.2 Å². The molecular formula is C16H14FN4O2S-. The van der Waals surface area contributed by atoms with Gasteiger partial charge in [-0.2, -0.15) is 0 Å². The highest BCUT2D eigenvalue weighted by atomic mass is 32.2. The number of halogens is 1.